The number of amides is 2. The normalized spacial score (nSPS) is 14.6. The smallest absolute Gasteiger partial charge is 0.266 e. The number of nitrogens with one attached hydrogen (secondary N) is 1. The van der Waals surface area contributed by atoms with Crippen LogP contribution in [0.15, 0.2) is 96.0 Å². The van der Waals surface area contributed by atoms with E-state index in [1.165, 1.54) is 0 Å². The van der Waals surface area contributed by atoms with Crippen molar-refractivity contribution in [1.82, 2.24) is 10.2 Å². The van der Waals surface area contributed by atoms with E-state index in [1.54, 1.807) is 4.90 Å². The minimum atomic E-state index is -1.17. The van der Waals surface area contributed by atoms with Crippen LogP contribution in [0.5, 0.6) is 0 Å². The Kier molecular flexibility index (Phi) is 7.38. The molecule has 0 saturated carbocycles. The molecule has 3 N–H and O–H groups in total. The van der Waals surface area contributed by atoms with E-state index in [-0.39, 0.29) is 17.8 Å². The molecule has 3 aromatic carbocycles. The highest BCUT2D eigenvalue weighted by Crippen LogP contribution is 2.39. The Morgan fingerprint density at radius 1 is 0.853 bits per heavy atom. The molecule has 0 unspecified atom stereocenters. The summed E-state index contributed by atoms with van der Waals surface area (Å²) in [5, 5.41) is 2.96. The highest BCUT2D eigenvalue weighted by atomic mass is 16.2. The molecule has 34 heavy (non-hydrogen) atoms. The van der Waals surface area contributed by atoms with Gasteiger partial charge in [0.2, 0.25) is 5.91 Å². The third-order valence-corrected chi connectivity index (χ3v) is 6.11. The molecule has 1 aliphatic heterocycles. The average molecular weight is 455 g/mol. The number of carbonyl (C=O) groups excluding carboxylic acids is 2. The van der Waals surface area contributed by atoms with E-state index >= 15 is 0 Å². The lowest BCUT2D eigenvalue weighted by atomic mass is 9.83. The summed E-state index contributed by atoms with van der Waals surface area (Å²) >= 11 is 0. The van der Waals surface area contributed by atoms with Gasteiger partial charge >= 0.3 is 0 Å². The van der Waals surface area contributed by atoms with Crippen LogP contribution in [0.2, 0.25) is 0 Å². The molecule has 4 rings (SSSR count). The standard InChI is InChI=1S/C28H30N4O2/c29-27-31-28(23-14-6-2-7-15-23,24-16-8-3-9-17-24)26(34)32(27)21-11-10-20-30-25(33)19-18-22-12-4-1-5-13-22/h1-9,12-17H,10-11,18-21H2,(H2,29,31)(H,30,33). The Hall–Kier alpha value is -3.93. The van der Waals surface area contributed by atoms with Crippen LogP contribution in [0.3, 0.4) is 0 Å². The van der Waals surface area contributed by atoms with E-state index in [0.717, 1.165) is 29.5 Å². The number of carbonyl (C=O) groups is 2. The molecule has 0 bridgehead atoms. The Morgan fingerprint density at radius 2 is 1.41 bits per heavy atom. The number of nitrogens with two attached hydrogens (primary N) is 1. The molecule has 0 aromatic heterocycles. The van der Waals surface area contributed by atoms with E-state index in [4.69, 9.17) is 10.7 Å². The van der Waals surface area contributed by atoms with Crippen molar-refractivity contribution >= 4 is 17.8 Å². The third kappa shape index (κ3) is 5.01. The molecule has 6 nitrogen and oxygen atoms in total. The van der Waals surface area contributed by atoms with E-state index in [1.807, 2.05) is 91.0 Å². The van der Waals surface area contributed by atoms with Crippen molar-refractivity contribution in [3.63, 3.8) is 0 Å². The predicted octanol–water partition coefficient (Wildman–Crippen LogP) is 3.62. The molecule has 1 heterocycles. The van der Waals surface area contributed by atoms with Crippen LogP contribution >= 0.6 is 0 Å². The molecular formula is C28H30N4O2. The minimum Gasteiger partial charge on any atom is -0.369 e. The third-order valence-electron chi connectivity index (χ3n) is 6.11. The number of aliphatic imine (C=N–C) groups is 1. The van der Waals surface area contributed by atoms with Crippen molar-refractivity contribution in [1.29, 1.82) is 0 Å². The molecule has 0 saturated heterocycles. The molecule has 2 amide bonds. The number of guanidine groups is 1. The first-order valence-corrected chi connectivity index (χ1v) is 11.7. The van der Waals surface area contributed by atoms with Gasteiger partial charge in [-0.3, -0.25) is 14.5 Å². The van der Waals surface area contributed by atoms with Crippen LogP contribution in [0.25, 0.3) is 0 Å². The Morgan fingerprint density at radius 3 is 2.00 bits per heavy atom. The van der Waals surface area contributed by atoms with Gasteiger partial charge in [-0.1, -0.05) is 91.0 Å². The van der Waals surface area contributed by atoms with E-state index in [2.05, 4.69) is 5.32 Å². The average Bonchev–Trinajstić information content (AvgIpc) is 3.14. The van der Waals surface area contributed by atoms with Crippen LogP contribution in [0.4, 0.5) is 0 Å². The zero-order valence-electron chi connectivity index (χ0n) is 19.2. The van der Waals surface area contributed by atoms with Crippen molar-refractivity contribution in [3.8, 4) is 0 Å². The second kappa shape index (κ2) is 10.8. The van der Waals surface area contributed by atoms with E-state index < -0.39 is 5.54 Å². The van der Waals surface area contributed by atoms with Gasteiger partial charge in [-0.25, -0.2) is 4.99 Å². The highest BCUT2D eigenvalue weighted by molar-refractivity contribution is 6.09. The monoisotopic (exact) mass is 454 g/mol. The summed E-state index contributed by atoms with van der Waals surface area (Å²) in [6.07, 6.45) is 2.65. The number of benzene rings is 3. The van der Waals surface area contributed by atoms with Crippen LogP contribution in [0, 0.1) is 0 Å². The molecule has 0 atom stereocenters. The largest absolute Gasteiger partial charge is 0.369 e. The molecule has 174 valence electrons. The topological polar surface area (TPSA) is 87.8 Å². The van der Waals surface area contributed by atoms with Crippen molar-refractivity contribution in [2.24, 2.45) is 10.7 Å². The van der Waals surface area contributed by atoms with Crippen molar-refractivity contribution in [2.75, 3.05) is 13.1 Å². The van der Waals surface area contributed by atoms with Gasteiger partial charge in [-0.2, -0.15) is 0 Å². The van der Waals surface area contributed by atoms with Gasteiger partial charge in [0.05, 0.1) is 0 Å². The van der Waals surface area contributed by atoms with Crippen molar-refractivity contribution < 1.29 is 9.59 Å². The van der Waals surface area contributed by atoms with Crippen LogP contribution in [-0.2, 0) is 21.5 Å². The Labute approximate surface area is 200 Å². The van der Waals surface area contributed by atoms with Gasteiger partial charge in [-0.15, -0.1) is 0 Å². The second-order valence-electron chi connectivity index (χ2n) is 8.41. The highest BCUT2D eigenvalue weighted by Gasteiger charge is 2.50. The van der Waals surface area contributed by atoms with Crippen LogP contribution < -0.4 is 11.1 Å². The fraction of sp³-hybridized carbons (Fsp3) is 0.250. The summed E-state index contributed by atoms with van der Waals surface area (Å²) < 4.78 is 0. The Balaban J connectivity index is 1.33. The fourth-order valence-electron chi connectivity index (χ4n) is 4.31. The van der Waals surface area contributed by atoms with Crippen molar-refractivity contribution in [3.05, 3.63) is 108 Å². The summed E-state index contributed by atoms with van der Waals surface area (Å²) in [6.45, 7) is 1.02. The van der Waals surface area contributed by atoms with Gasteiger partial charge < -0.3 is 11.1 Å². The van der Waals surface area contributed by atoms with Crippen LogP contribution in [-0.4, -0.2) is 35.8 Å². The van der Waals surface area contributed by atoms with E-state index in [0.29, 0.717) is 25.9 Å². The van der Waals surface area contributed by atoms with Crippen molar-refractivity contribution in [2.45, 2.75) is 31.2 Å². The van der Waals surface area contributed by atoms with Gasteiger partial charge in [0.25, 0.3) is 5.91 Å². The van der Waals surface area contributed by atoms with Crippen LogP contribution in [0.1, 0.15) is 36.0 Å². The molecule has 6 heteroatoms. The molecule has 0 fully saturated rings. The molecule has 3 aromatic rings. The lowest BCUT2D eigenvalue weighted by Gasteiger charge is -2.27. The Bertz CT molecular complexity index is 1090. The molecule has 0 spiro atoms. The summed E-state index contributed by atoms with van der Waals surface area (Å²) in [4.78, 5) is 32.1. The first kappa shape index (κ1) is 23.2. The first-order valence-electron chi connectivity index (χ1n) is 11.7. The maximum atomic E-state index is 13.7. The lowest BCUT2D eigenvalue weighted by molar-refractivity contribution is -0.130. The number of rotatable bonds is 10. The maximum absolute atomic E-state index is 13.7. The minimum absolute atomic E-state index is 0.0364. The zero-order valence-corrected chi connectivity index (χ0v) is 19.2. The second-order valence-corrected chi connectivity index (χ2v) is 8.41. The number of nitrogens with zero attached hydrogens (tertiary/aromatic N) is 2. The number of unbranched alkanes of at least 4 members (excludes halogenated alkanes) is 1. The molecule has 0 aliphatic carbocycles. The van der Waals surface area contributed by atoms with Gasteiger partial charge in [0, 0.05) is 19.5 Å². The molecule has 1 aliphatic rings. The van der Waals surface area contributed by atoms with Gasteiger partial charge in [0.15, 0.2) is 11.5 Å². The van der Waals surface area contributed by atoms with Gasteiger partial charge in [-0.05, 0) is 36.0 Å². The number of hydrogen-bond acceptors (Lipinski definition) is 4. The molecular weight excluding hydrogens is 424 g/mol. The first-order chi connectivity index (χ1) is 16.6. The lowest BCUT2D eigenvalue weighted by Crippen LogP contribution is -2.44. The summed E-state index contributed by atoms with van der Waals surface area (Å²) in [7, 11) is 0. The van der Waals surface area contributed by atoms with E-state index in [9.17, 15) is 9.59 Å². The predicted molar refractivity (Wildman–Crippen MR) is 134 cm³/mol. The summed E-state index contributed by atoms with van der Waals surface area (Å²) in [5.41, 5.74) is 7.84. The summed E-state index contributed by atoms with van der Waals surface area (Å²) in [6, 6.07) is 29.1. The van der Waals surface area contributed by atoms with Gasteiger partial charge in [0.1, 0.15) is 0 Å². The maximum Gasteiger partial charge on any atom is 0.266 e. The zero-order chi connectivity index (χ0) is 23.8. The summed E-state index contributed by atoms with van der Waals surface area (Å²) in [5.74, 6) is 0.119. The molecule has 0 radical (unpaired) electrons. The SMILES string of the molecule is NC1=NC(c2ccccc2)(c2ccccc2)C(=O)N1CCCCNC(=O)CCc1ccccc1. The number of hydrogen-bond donors (Lipinski definition) is 2. The fourth-order valence-corrected chi connectivity index (χ4v) is 4.31. The number of aryl methyl sites for hydroxylation is 1. The quantitative estimate of drug-likeness (QED) is 0.459.